The highest BCUT2D eigenvalue weighted by Gasteiger charge is 2.43. The molecule has 1 aromatic heterocycles. The van der Waals surface area contributed by atoms with Crippen molar-refractivity contribution in [2.45, 2.75) is 18.9 Å². The van der Waals surface area contributed by atoms with Crippen molar-refractivity contribution in [3.63, 3.8) is 0 Å². The van der Waals surface area contributed by atoms with E-state index in [1.54, 1.807) is 54.6 Å². The Labute approximate surface area is 209 Å². The molecule has 4 rings (SSSR count). The fraction of sp³-hybridized carbons (Fsp3) is 0.120. The Hall–Kier alpha value is -4.02. The number of hydrogen-bond acceptors (Lipinski definition) is 7. The van der Waals surface area contributed by atoms with Gasteiger partial charge in [-0.3, -0.25) is 4.79 Å². The van der Waals surface area contributed by atoms with Crippen LogP contribution in [0, 0.1) is 3.95 Å². The normalized spacial score (nSPS) is 12.9. The average molecular weight is 508 g/mol. The molecule has 0 aliphatic heterocycles. The Morgan fingerprint density at radius 3 is 2.54 bits per heavy atom. The smallest absolute Gasteiger partial charge is 0.330 e. The van der Waals surface area contributed by atoms with Gasteiger partial charge in [-0.25, -0.2) is 9.79 Å². The number of H-pyrrole nitrogens is 1. The number of aromatic amines is 1. The maximum Gasteiger partial charge on any atom is 0.330 e. The molecular weight excluding hydrogens is 486 g/mol. The van der Waals surface area contributed by atoms with Crippen molar-refractivity contribution in [1.82, 2.24) is 4.98 Å². The van der Waals surface area contributed by atoms with Gasteiger partial charge in [0, 0.05) is 17.4 Å². The maximum atomic E-state index is 12.3. The molecule has 0 amide bonds. The van der Waals surface area contributed by atoms with E-state index >= 15 is 0 Å². The molecule has 0 aliphatic carbocycles. The minimum absolute atomic E-state index is 0.409. The predicted molar refractivity (Wildman–Crippen MR) is 139 cm³/mol. The van der Waals surface area contributed by atoms with Crippen LogP contribution >= 0.6 is 23.6 Å². The molecule has 0 bridgehead atoms. The molecule has 8 nitrogen and oxygen atoms in total. The monoisotopic (exact) mass is 507 g/mol. The van der Waals surface area contributed by atoms with Crippen molar-refractivity contribution in [2.24, 2.45) is 4.99 Å². The van der Waals surface area contributed by atoms with Crippen LogP contribution in [-0.2, 0) is 9.59 Å². The highest BCUT2D eigenvalue weighted by molar-refractivity contribution is 7.73. The Bertz CT molecular complexity index is 1460. The van der Waals surface area contributed by atoms with Gasteiger partial charge in [-0.15, -0.1) is 11.3 Å². The van der Waals surface area contributed by atoms with E-state index in [9.17, 15) is 19.8 Å². The fourth-order valence-corrected chi connectivity index (χ4v) is 4.80. The van der Waals surface area contributed by atoms with E-state index in [4.69, 9.17) is 17.0 Å². The first-order valence-electron chi connectivity index (χ1n) is 10.5. The molecule has 1 unspecified atom stereocenters. The minimum Gasteiger partial charge on any atom is -0.481 e. The number of ether oxygens (including phenoxy) is 1. The summed E-state index contributed by atoms with van der Waals surface area (Å²) in [5, 5.41) is 19.5. The third-order valence-electron chi connectivity index (χ3n) is 5.33. The summed E-state index contributed by atoms with van der Waals surface area (Å²) in [4.78, 5) is 32.8. The van der Waals surface area contributed by atoms with Gasteiger partial charge in [-0.1, -0.05) is 24.3 Å². The van der Waals surface area contributed by atoms with Crippen LogP contribution in [0.1, 0.15) is 13.3 Å². The summed E-state index contributed by atoms with van der Waals surface area (Å²) in [6.45, 7) is 1.39. The quantitative estimate of drug-likeness (QED) is 0.141. The summed E-state index contributed by atoms with van der Waals surface area (Å²) in [6, 6.07) is 21.1. The third-order valence-corrected chi connectivity index (χ3v) is 6.55. The molecule has 3 N–H and O–H groups in total. The third kappa shape index (κ3) is 5.39. The Kier molecular flexibility index (Phi) is 6.94. The number of aliphatic carboxylic acids is 2. The first kappa shape index (κ1) is 24.1. The topological polar surface area (TPSA) is 115 Å². The summed E-state index contributed by atoms with van der Waals surface area (Å²) in [6.07, 6.45) is 0.680. The lowest BCUT2D eigenvalue weighted by molar-refractivity contribution is -0.149. The van der Waals surface area contributed by atoms with E-state index in [1.165, 1.54) is 29.6 Å². The number of carbonyl (C=O) groups is 2. The van der Waals surface area contributed by atoms with Crippen molar-refractivity contribution in [3.05, 3.63) is 76.8 Å². The van der Waals surface area contributed by atoms with E-state index in [2.05, 4.69) is 9.98 Å². The van der Waals surface area contributed by atoms with Gasteiger partial charge in [0.25, 0.3) is 0 Å². The van der Waals surface area contributed by atoms with Gasteiger partial charge in [0.05, 0.1) is 22.3 Å². The number of anilines is 2. The second-order valence-electron chi connectivity index (χ2n) is 7.87. The number of rotatable bonds is 9. The summed E-state index contributed by atoms with van der Waals surface area (Å²) < 4.78 is 7.42. The molecule has 1 heterocycles. The molecule has 3 aromatic carbocycles. The lowest BCUT2D eigenvalue weighted by Crippen LogP contribution is -2.51. The highest BCUT2D eigenvalue weighted by Crippen LogP contribution is 2.37. The summed E-state index contributed by atoms with van der Waals surface area (Å²) in [5.74, 6) is -2.08. The van der Waals surface area contributed by atoms with Gasteiger partial charge in [-0.2, -0.15) is 0 Å². The van der Waals surface area contributed by atoms with E-state index in [0.717, 1.165) is 10.2 Å². The van der Waals surface area contributed by atoms with Gasteiger partial charge < -0.3 is 24.8 Å². The van der Waals surface area contributed by atoms with Crippen LogP contribution in [0.5, 0.6) is 5.75 Å². The summed E-state index contributed by atoms with van der Waals surface area (Å²) in [7, 11) is 0. The molecule has 1 atom stereocenters. The van der Waals surface area contributed by atoms with Gasteiger partial charge in [0.2, 0.25) is 0 Å². The molecule has 0 aliphatic rings. The number of carboxylic acid groups (broad SMARTS) is 2. The van der Waals surface area contributed by atoms with Gasteiger partial charge in [0.1, 0.15) is 11.3 Å². The number of thiazole rings is 1. The molecule has 10 heteroatoms. The van der Waals surface area contributed by atoms with Crippen LogP contribution in [-0.4, -0.2) is 39.1 Å². The standard InChI is InChI=1S/C25H21N3O5S2/c1-25(23(31)32,14-22(29)30)28(17-6-3-2-4-7-17)18-8-5-9-19(13-18)33-15-26-16-10-11-21-20(12-16)27-24(34)35-21/h2-13,15H,14H2,1H3,(H,27,34)(H,29,30)(H,31,32). The number of fused-ring (bicyclic) bond motifs is 1. The Morgan fingerprint density at radius 1 is 1.09 bits per heavy atom. The minimum atomic E-state index is -1.75. The van der Waals surface area contributed by atoms with Crippen LogP contribution in [0.4, 0.5) is 17.1 Å². The van der Waals surface area contributed by atoms with Crippen LogP contribution in [0.15, 0.2) is 77.8 Å². The fourth-order valence-electron chi connectivity index (χ4n) is 3.71. The number of hydrogen-bond donors (Lipinski definition) is 3. The number of aliphatic imine (C=N–C) groups is 1. The molecular formula is C25H21N3O5S2. The van der Waals surface area contributed by atoms with E-state index in [0.29, 0.717) is 26.8 Å². The van der Waals surface area contributed by atoms with Crippen molar-refractivity contribution in [3.8, 4) is 5.75 Å². The van der Waals surface area contributed by atoms with E-state index in [-0.39, 0.29) is 0 Å². The zero-order valence-electron chi connectivity index (χ0n) is 18.5. The van der Waals surface area contributed by atoms with Crippen molar-refractivity contribution < 1.29 is 24.5 Å². The van der Waals surface area contributed by atoms with Gasteiger partial charge in [-0.05, 0) is 61.6 Å². The predicted octanol–water partition coefficient (Wildman–Crippen LogP) is 6.15. The number of carboxylic acids is 2. The van der Waals surface area contributed by atoms with E-state index < -0.39 is 23.9 Å². The zero-order chi connectivity index (χ0) is 25.0. The Balaban J connectivity index is 1.65. The first-order valence-corrected chi connectivity index (χ1v) is 11.7. The molecule has 178 valence electrons. The van der Waals surface area contributed by atoms with Crippen molar-refractivity contribution >= 4 is 69.2 Å². The summed E-state index contributed by atoms with van der Waals surface area (Å²) in [5.41, 5.74) is 0.798. The zero-order valence-corrected chi connectivity index (χ0v) is 20.2. The lowest BCUT2D eigenvalue weighted by atomic mass is 9.93. The highest BCUT2D eigenvalue weighted by atomic mass is 32.1. The van der Waals surface area contributed by atoms with Gasteiger partial charge in [0.15, 0.2) is 10.4 Å². The van der Waals surface area contributed by atoms with Crippen LogP contribution in [0.25, 0.3) is 10.2 Å². The van der Waals surface area contributed by atoms with Crippen molar-refractivity contribution in [2.75, 3.05) is 4.90 Å². The molecule has 35 heavy (non-hydrogen) atoms. The van der Waals surface area contributed by atoms with E-state index in [1.807, 2.05) is 18.2 Å². The molecule has 0 radical (unpaired) electrons. The number of nitrogens with zero attached hydrogens (tertiary/aromatic N) is 2. The second kappa shape index (κ2) is 10.1. The average Bonchev–Trinajstić information content (AvgIpc) is 3.19. The van der Waals surface area contributed by atoms with Crippen molar-refractivity contribution in [1.29, 1.82) is 0 Å². The Morgan fingerprint density at radius 2 is 1.83 bits per heavy atom. The maximum absolute atomic E-state index is 12.3. The molecule has 0 saturated heterocycles. The number of nitrogens with one attached hydrogen (secondary N) is 1. The first-order chi connectivity index (χ1) is 16.8. The SMILES string of the molecule is CC(CC(=O)O)(C(=O)O)N(c1ccccc1)c1cccc(OC=Nc2ccc3sc(=S)[nH]c3c2)c1. The second-order valence-corrected chi connectivity index (χ2v) is 9.58. The van der Waals surface area contributed by atoms with Gasteiger partial charge >= 0.3 is 11.9 Å². The molecule has 0 spiro atoms. The molecule has 0 fully saturated rings. The lowest BCUT2D eigenvalue weighted by Gasteiger charge is -2.39. The number of aromatic nitrogens is 1. The summed E-state index contributed by atoms with van der Waals surface area (Å²) >= 11 is 6.65. The number of para-hydroxylation sites is 1. The van der Waals surface area contributed by atoms with Crippen LogP contribution in [0.3, 0.4) is 0 Å². The van der Waals surface area contributed by atoms with Crippen LogP contribution < -0.4 is 9.64 Å². The number of benzene rings is 3. The molecule has 0 saturated carbocycles. The largest absolute Gasteiger partial charge is 0.481 e. The molecule has 4 aromatic rings. The van der Waals surface area contributed by atoms with Crippen LogP contribution in [0.2, 0.25) is 0 Å².